The summed E-state index contributed by atoms with van der Waals surface area (Å²) in [5.41, 5.74) is 1.09. The zero-order valence-corrected chi connectivity index (χ0v) is 23.4. The van der Waals surface area contributed by atoms with E-state index < -0.39 is 5.41 Å². The molecule has 0 saturated carbocycles. The molecule has 186 valence electrons. The van der Waals surface area contributed by atoms with Gasteiger partial charge in [-0.2, -0.15) is 9.78 Å². The Labute approximate surface area is 225 Å². The van der Waals surface area contributed by atoms with E-state index in [9.17, 15) is 9.18 Å². The Morgan fingerprint density at radius 2 is 1.86 bits per heavy atom. The van der Waals surface area contributed by atoms with Crippen LogP contribution in [0, 0.1) is 5.82 Å². The van der Waals surface area contributed by atoms with Gasteiger partial charge in [0, 0.05) is 19.9 Å². The Kier molecular flexibility index (Phi) is 7.61. The van der Waals surface area contributed by atoms with Crippen molar-refractivity contribution in [3.05, 3.63) is 96.7 Å². The fraction of sp³-hybridized carbons (Fsp3) is 0.222. The third-order valence-electron chi connectivity index (χ3n) is 5.33. The van der Waals surface area contributed by atoms with E-state index in [1.807, 2.05) is 32.9 Å². The molecule has 0 bridgehead atoms. The van der Waals surface area contributed by atoms with Crippen LogP contribution >= 0.6 is 31.9 Å². The molecular weight excluding hydrogens is 593 g/mol. The minimum absolute atomic E-state index is 0.120. The fourth-order valence-corrected chi connectivity index (χ4v) is 4.45. The topological polar surface area (TPSA) is 65.7 Å². The number of hydrogen-bond donors (Lipinski definition) is 0. The van der Waals surface area contributed by atoms with Gasteiger partial charge in [0.05, 0.1) is 24.2 Å². The number of fused-ring (bicyclic) bond motifs is 1. The van der Waals surface area contributed by atoms with Gasteiger partial charge in [-0.1, -0.05) is 64.8 Å². The van der Waals surface area contributed by atoms with Crippen molar-refractivity contribution in [2.24, 2.45) is 5.10 Å². The van der Waals surface area contributed by atoms with Gasteiger partial charge in [-0.05, 0) is 48.0 Å². The fourth-order valence-electron chi connectivity index (χ4n) is 3.63. The number of aromatic nitrogens is 2. The summed E-state index contributed by atoms with van der Waals surface area (Å²) in [6.07, 6.45) is 1.54. The van der Waals surface area contributed by atoms with E-state index >= 15 is 0 Å². The Morgan fingerprint density at radius 1 is 1.08 bits per heavy atom. The summed E-state index contributed by atoms with van der Waals surface area (Å²) in [4.78, 5) is 18.2. The number of rotatable bonds is 6. The van der Waals surface area contributed by atoms with Crippen LogP contribution in [0.1, 0.15) is 37.7 Å². The molecule has 0 fully saturated rings. The highest BCUT2D eigenvalue weighted by Crippen LogP contribution is 2.35. The third kappa shape index (κ3) is 5.68. The first kappa shape index (κ1) is 26.0. The molecule has 36 heavy (non-hydrogen) atoms. The Balaban J connectivity index is 1.82. The van der Waals surface area contributed by atoms with Gasteiger partial charge in [-0.15, -0.1) is 0 Å². The minimum Gasteiger partial charge on any atom is -0.493 e. The second-order valence-corrected chi connectivity index (χ2v) is 11.0. The lowest BCUT2D eigenvalue weighted by atomic mass is 9.95. The molecule has 0 atom stereocenters. The standard InChI is InChI=1S/C27H24Br2FN3O3/c1-27(2,3)26-32-22-9-8-18(28)12-21(22)25(34)33(26)31-14-17-11-19(29)13-23(35-4)24(17)36-15-16-6-5-7-20(30)10-16/h5-14H,15H2,1-4H3. The quantitative estimate of drug-likeness (QED) is 0.223. The monoisotopic (exact) mass is 615 g/mol. The maximum absolute atomic E-state index is 13.6. The van der Waals surface area contributed by atoms with Crippen LogP contribution < -0.4 is 15.0 Å². The van der Waals surface area contributed by atoms with Crippen molar-refractivity contribution in [1.29, 1.82) is 0 Å². The SMILES string of the molecule is COc1cc(Br)cc(C=Nn2c(C(C)(C)C)nc3ccc(Br)cc3c2=O)c1OCc1cccc(F)c1. The van der Waals surface area contributed by atoms with E-state index in [0.29, 0.717) is 39.4 Å². The van der Waals surface area contributed by atoms with E-state index in [1.165, 1.54) is 30.1 Å². The Bertz CT molecular complexity index is 1530. The summed E-state index contributed by atoms with van der Waals surface area (Å²) in [7, 11) is 1.53. The van der Waals surface area contributed by atoms with Gasteiger partial charge in [0.25, 0.3) is 5.56 Å². The first-order valence-electron chi connectivity index (χ1n) is 11.1. The van der Waals surface area contributed by atoms with Crippen molar-refractivity contribution in [2.45, 2.75) is 32.8 Å². The van der Waals surface area contributed by atoms with Crippen molar-refractivity contribution in [3.63, 3.8) is 0 Å². The van der Waals surface area contributed by atoms with E-state index in [-0.39, 0.29) is 18.0 Å². The van der Waals surface area contributed by atoms with Crippen molar-refractivity contribution in [2.75, 3.05) is 7.11 Å². The normalized spacial score (nSPS) is 11.9. The van der Waals surface area contributed by atoms with Gasteiger partial charge in [-0.25, -0.2) is 9.37 Å². The van der Waals surface area contributed by atoms with Crippen LogP contribution in [0.5, 0.6) is 11.5 Å². The second-order valence-electron chi connectivity index (χ2n) is 9.15. The molecule has 1 aromatic heterocycles. The predicted octanol–water partition coefficient (Wildman–Crippen LogP) is 6.83. The molecule has 9 heteroatoms. The largest absolute Gasteiger partial charge is 0.493 e. The van der Waals surface area contributed by atoms with E-state index in [1.54, 1.807) is 30.3 Å². The van der Waals surface area contributed by atoms with E-state index in [0.717, 1.165) is 8.95 Å². The molecule has 0 aliphatic carbocycles. The van der Waals surface area contributed by atoms with E-state index in [4.69, 9.17) is 14.5 Å². The third-order valence-corrected chi connectivity index (χ3v) is 6.28. The average molecular weight is 617 g/mol. The van der Waals surface area contributed by atoms with Gasteiger partial charge >= 0.3 is 0 Å². The van der Waals surface area contributed by atoms with Crippen LogP contribution in [-0.2, 0) is 12.0 Å². The average Bonchev–Trinajstić information content (AvgIpc) is 2.82. The molecule has 0 spiro atoms. The van der Waals surface area contributed by atoms with Gasteiger partial charge in [0.15, 0.2) is 11.5 Å². The van der Waals surface area contributed by atoms with Crippen molar-refractivity contribution in [3.8, 4) is 11.5 Å². The highest BCUT2D eigenvalue weighted by atomic mass is 79.9. The van der Waals surface area contributed by atoms with Crippen molar-refractivity contribution < 1.29 is 13.9 Å². The molecule has 6 nitrogen and oxygen atoms in total. The van der Waals surface area contributed by atoms with Crippen LogP contribution in [0.3, 0.4) is 0 Å². The second kappa shape index (κ2) is 10.5. The zero-order chi connectivity index (χ0) is 26.0. The molecule has 0 saturated heterocycles. The number of nitrogens with zero attached hydrogens (tertiary/aromatic N) is 3. The lowest BCUT2D eigenvalue weighted by molar-refractivity contribution is 0.283. The minimum atomic E-state index is -0.455. The molecule has 3 aromatic carbocycles. The lowest BCUT2D eigenvalue weighted by Crippen LogP contribution is -2.29. The number of benzene rings is 3. The van der Waals surface area contributed by atoms with E-state index in [2.05, 4.69) is 37.0 Å². The molecule has 4 aromatic rings. The molecule has 0 radical (unpaired) electrons. The van der Waals surface area contributed by atoms with Crippen LogP contribution in [0.4, 0.5) is 4.39 Å². The molecule has 0 N–H and O–H groups in total. The van der Waals surface area contributed by atoms with Gasteiger partial charge in [0.1, 0.15) is 18.2 Å². The smallest absolute Gasteiger partial charge is 0.282 e. The molecular formula is C27H24Br2FN3O3. The Morgan fingerprint density at radius 3 is 2.56 bits per heavy atom. The van der Waals surface area contributed by atoms with Gasteiger partial charge in [0.2, 0.25) is 0 Å². The summed E-state index contributed by atoms with van der Waals surface area (Å²) < 4.78 is 28.0. The molecule has 0 aliphatic heterocycles. The van der Waals surface area contributed by atoms with Crippen LogP contribution in [0.2, 0.25) is 0 Å². The zero-order valence-electron chi connectivity index (χ0n) is 20.2. The molecule has 4 rings (SSSR count). The maximum Gasteiger partial charge on any atom is 0.282 e. The lowest BCUT2D eigenvalue weighted by Gasteiger charge is -2.21. The number of ether oxygens (including phenoxy) is 2. The highest BCUT2D eigenvalue weighted by molar-refractivity contribution is 9.10. The van der Waals surface area contributed by atoms with Crippen LogP contribution in [-0.4, -0.2) is 23.0 Å². The maximum atomic E-state index is 13.6. The number of halogens is 3. The van der Waals surface area contributed by atoms with Gasteiger partial charge in [-0.3, -0.25) is 4.79 Å². The molecule has 0 amide bonds. The number of hydrogen-bond acceptors (Lipinski definition) is 5. The molecule has 0 unspecified atom stereocenters. The summed E-state index contributed by atoms with van der Waals surface area (Å²) >= 11 is 6.91. The van der Waals surface area contributed by atoms with Crippen molar-refractivity contribution in [1.82, 2.24) is 9.66 Å². The number of methoxy groups -OCH3 is 1. The summed E-state index contributed by atoms with van der Waals surface area (Å²) in [6.45, 7) is 6.04. The first-order valence-corrected chi connectivity index (χ1v) is 12.7. The van der Waals surface area contributed by atoms with Crippen LogP contribution in [0.15, 0.2) is 73.4 Å². The highest BCUT2D eigenvalue weighted by Gasteiger charge is 2.23. The summed E-state index contributed by atoms with van der Waals surface area (Å²) in [6, 6.07) is 15.2. The van der Waals surface area contributed by atoms with Crippen LogP contribution in [0.25, 0.3) is 10.9 Å². The van der Waals surface area contributed by atoms with Gasteiger partial charge < -0.3 is 9.47 Å². The Hall–Kier alpha value is -3.04. The summed E-state index contributed by atoms with van der Waals surface area (Å²) in [5.74, 6) is 1.05. The summed E-state index contributed by atoms with van der Waals surface area (Å²) in [5, 5.41) is 5.00. The first-order chi connectivity index (χ1) is 17.1. The molecule has 1 heterocycles. The molecule has 0 aliphatic rings. The van der Waals surface area contributed by atoms with Crippen molar-refractivity contribution >= 4 is 49.0 Å². The predicted molar refractivity (Wildman–Crippen MR) is 147 cm³/mol.